The number of ether oxygens (including phenoxy) is 1. The summed E-state index contributed by atoms with van der Waals surface area (Å²) in [5, 5.41) is 0. The fraction of sp³-hybridized carbons (Fsp3) is 0.625. The van der Waals surface area contributed by atoms with Crippen molar-refractivity contribution in [3.63, 3.8) is 0 Å². The largest absolute Gasteiger partial charge is 0.497 e. The number of nitrogens with two attached hydrogens (primary N) is 1. The average molecular weight is 275 g/mol. The van der Waals surface area contributed by atoms with Crippen LogP contribution < -0.4 is 15.4 Å². The first-order valence-corrected chi connectivity index (χ1v) is 7.63. The molecule has 110 valence electrons. The summed E-state index contributed by atoms with van der Waals surface area (Å²) < 4.78 is 5.30. The van der Waals surface area contributed by atoms with E-state index < -0.39 is 0 Å². The van der Waals surface area contributed by atoms with Crippen LogP contribution in [0.1, 0.15) is 12.8 Å². The van der Waals surface area contributed by atoms with E-state index in [-0.39, 0.29) is 0 Å². The predicted octanol–water partition coefficient (Wildman–Crippen LogP) is 1.55. The van der Waals surface area contributed by atoms with E-state index >= 15 is 0 Å². The van der Waals surface area contributed by atoms with Crippen molar-refractivity contribution in [2.75, 3.05) is 44.7 Å². The van der Waals surface area contributed by atoms with Gasteiger partial charge in [0.15, 0.2) is 0 Å². The van der Waals surface area contributed by atoms with Crippen LogP contribution in [0.3, 0.4) is 0 Å². The summed E-state index contributed by atoms with van der Waals surface area (Å²) in [6.07, 6.45) is 2.68. The van der Waals surface area contributed by atoms with Crippen molar-refractivity contribution in [3.8, 4) is 5.75 Å². The van der Waals surface area contributed by atoms with Crippen molar-refractivity contribution < 1.29 is 4.74 Å². The van der Waals surface area contributed by atoms with Crippen molar-refractivity contribution in [1.82, 2.24) is 4.90 Å². The lowest BCUT2D eigenvalue weighted by Gasteiger charge is -2.37. The number of rotatable bonds is 5. The zero-order valence-corrected chi connectivity index (χ0v) is 12.3. The van der Waals surface area contributed by atoms with E-state index in [9.17, 15) is 0 Å². The molecule has 2 aliphatic rings. The molecule has 0 spiro atoms. The van der Waals surface area contributed by atoms with Gasteiger partial charge in [-0.25, -0.2) is 0 Å². The molecule has 1 heterocycles. The SMILES string of the molecule is COc1cccc(N2CCN(CC(N)C3CC3)CC2)c1. The summed E-state index contributed by atoms with van der Waals surface area (Å²) in [6.45, 7) is 5.43. The van der Waals surface area contributed by atoms with Crippen LogP contribution >= 0.6 is 0 Å². The molecule has 0 amide bonds. The van der Waals surface area contributed by atoms with Gasteiger partial charge in [-0.05, 0) is 30.9 Å². The topological polar surface area (TPSA) is 41.7 Å². The second-order valence-electron chi connectivity index (χ2n) is 5.99. The third-order valence-electron chi connectivity index (χ3n) is 4.49. The van der Waals surface area contributed by atoms with E-state index in [1.807, 2.05) is 6.07 Å². The fourth-order valence-electron chi connectivity index (χ4n) is 2.97. The molecule has 1 aliphatic carbocycles. The number of hydrogen-bond donors (Lipinski definition) is 1. The number of anilines is 1. The van der Waals surface area contributed by atoms with Gasteiger partial charge in [-0.1, -0.05) is 6.07 Å². The van der Waals surface area contributed by atoms with Crippen LogP contribution in [0.25, 0.3) is 0 Å². The Kier molecular flexibility index (Phi) is 4.13. The second kappa shape index (κ2) is 6.02. The van der Waals surface area contributed by atoms with Crippen LogP contribution in [0.2, 0.25) is 0 Å². The molecule has 3 rings (SSSR count). The molecule has 0 aromatic heterocycles. The smallest absolute Gasteiger partial charge is 0.120 e. The second-order valence-corrected chi connectivity index (χ2v) is 5.99. The Morgan fingerprint density at radius 3 is 2.65 bits per heavy atom. The maximum atomic E-state index is 6.22. The van der Waals surface area contributed by atoms with E-state index in [0.717, 1.165) is 44.4 Å². The van der Waals surface area contributed by atoms with E-state index in [1.54, 1.807) is 7.11 Å². The molecule has 0 bridgehead atoms. The zero-order valence-electron chi connectivity index (χ0n) is 12.3. The van der Waals surface area contributed by atoms with Crippen LogP contribution in [0.5, 0.6) is 5.75 Å². The number of nitrogens with zero attached hydrogens (tertiary/aromatic N) is 2. The summed E-state index contributed by atoms with van der Waals surface area (Å²) >= 11 is 0. The van der Waals surface area contributed by atoms with E-state index in [0.29, 0.717) is 6.04 Å². The van der Waals surface area contributed by atoms with Crippen LogP contribution in [0.15, 0.2) is 24.3 Å². The fourth-order valence-corrected chi connectivity index (χ4v) is 2.97. The van der Waals surface area contributed by atoms with Crippen molar-refractivity contribution in [1.29, 1.82) is 0 Å². The predicted molar refractivity (Wildman–Crippen MR) is 82.3 cm³/mol. The van der Waals surface area contributed by atoms with Crippen LogP contribution in [0, 0.1) is 5.92 Å². The Bertz CT molecular complexity index is 439. The van der Waals surface area contributed by atoms with Gasteiger partial charge >= 0.3 is 0 Å². The summed E-state index contributed by atoms with van der Waals surface area (Å²) in [4.78, 5) is 4.95. The Hall–Kier alpha value is -1.26. The zero-order chi connectivity index (χ0) is 13.9. The third kappa shape index (κ3) is 3.25. The van der Waals surface area contributed by atoms with E-state index in [4.69, 9.17) is 10.5 Å². The van der Waals surface area contributed by atoms with Gasteiger partial charge < -0.3 is 15.4 Å². The lowest BCUT2D eigenvalue weighted by atomic mass is 10.1. The summed E-state index contributed by atoms with van der Waals surface area (Å²) in [5.41, 5.74) is 7.48. The van der Waals surface area contributed by atoms with Gasteiger partial charge in [0, 0.05) is 50.5 Å². The van der Waals surface area contributed by atoms with Gasteiger partial charge in [0.2, 0.25) is 0 Å². The van der Waals surface area contributed by atoms with Crippen molar-refractivity contribution in [2.45, 2.75) is 18.9 Å². The molecule has 1 saturated carbocycles. The highest BCUT2D eigenvalue weighted by Crippen LogP contribution is 2.32. The lowest BCUT2D eigenvalue weighted by molar-refractivity contribution is 0.235. The van der Waals surface area contributed by atoms with Gasteiger partial charge in [-0.3, -0.25) is 4.90 Å². The Morgan fingerprint density at radius 2 is 2.00 bits per heavy atom. The molecule has 1 aromatic rings. The maximum Gasteiger partial charge on any atom is 0.120 e. The number of methoxy groups -OCH3 is 1. The molecule has 1 aromatic carbocycles. The van der Waals surface area contributed by atoms with Crippen molar-refractivity contribution >= 4 is 5.69 Å². The molecule has 4 nitrogen and oxygen atoms in total. The monoisotopic (exact) mass is 275 g/mol. The summed E-state index contributed by atoms with van der Waals surface area (Å²) in [6, 6.07) is 8.72. The molecule has 20 heavy (non-hydrogen) atoms. The normalized spacial score (nSPS) is 21.8. The Labute approximate surface area is 121 Å². The third-order valence-corrected chi connectivity index (χ3v) is 4.49. The van der Waals surface area contributed by atoms with Gasteiger partial charge in [-0.15, -0.1) is 0 Å². The van der Waals surface area contributed by atoms with E-state index in [2.05, 4.69) is 28.0 Å². The van der Waals surface area contributed by atoms with Gasteiger partial charge in [0.1, 0.15) is 5.75 Å². The van der Waals surface area contributed by atoms with Crippen molar-refractivity contribution in [2.24, 2.45) is 11.7 Å². The van der Waals surface area contributed by atoms with Crippen LogP contribution in [-0.4, -0.2) is 50.8 Å². The molecule has 1 unspecified atom stereocenters. The summed E-state index contributed by atoms with van der Waals surface area (Å²) in [7, 11) is 1.72. The molecule has 1 atom stereocenters. The Balaban J connectivity index is 1.52. The van der Waals surface area contributed by atoms with Crippen LogP contribution in [-0.2, 0) is 0 Å². The molecule has 4 heteroatoms. The molecule has 2 N–H and O–H groups in total. The highest BCUT2D eigenvalue weighted by atomic mass is 16.5. The minimum atomic E-state index is 0.387. The molecular formula is C16H25N3O. The van der Waals surface area contributed by atoms with Crippen molar-refractivity contribution in [3.05, 3.63) is 24.3 Å². The summed E-state index contributed by atoms with van der Waals surface area (Å²) in [5.74, 6) is 1.73. The maximum absolute atomic E-state index is 6.22. The average Bonchev–Trinajstić information content (AvgIpc) is 3.33. The van der Waals surface area contributed by atoms with Gasteiger partial charge in [0.25, 0.3) is 0 Å². The standard InChI is InChI=1S/C16H25N3O/c1-20-15-4-2-3-14(11-15)19-9-7-18(8-10-19)12-16(17)13-5-6-13/h2-4,11,13,16H,5-10,12,17H2,1H3. The number of piperazine rings is 1. The minimum Gasteiger partial charge on any atom is -0.497 e. The van der Waals surface area contributed by atoms with Gasteiger partial charge in [-0.2, -0.15) is 0 Å². The number of benzene rings is 1. The molecular weight excluding hydrogens is 250 g/mol. The quantitative estimate of drug-likeness (QED) is 0.885. The molecule has 1 aliphatic heterocycles. The van der Waals surface area contributed by atoms with E-state index in [1.165, 1.54) is 18.5 Å². The first-order chi connectivity index (χ1) is 9.76. The van der Waals surface area contributed by atoms with Crippen LogP contribution in [0.4, 0.5) is 5.69 Å². The molecule has 1 saturated heterocycles. The highest BCUT2D eigenvalue weighted by Gasteiger charge is 2.30. The first-order valence-electron chi connectivity index (χ1n) is 7.63. The highest BCUT2D eigenvalue weighted by molar-refractivity contribution is 5.51. The minimum absolute atomic E-state index is 0.387. The van der Waals surface area contributed by atoms with Gasteiger partial charge in [0.05, 0.1) is 7.11 Å². The lowest BCUT2D eigenvalue weighted by Crippen LogP contribution is -2.50. The Morgan fingerprint density at radius 1 is 1.25 bits per heavy atom. The first kappa shape index (κ1) is 13.7. The molecule has 0 radical (unpaired) electrons. The molecule has 2 fully saturated rings. The number of hydrogen-bond acceptors (Lipinski definition) is 4.